The van der Waals surface area contributed by atoms with Gasteiger partial charge in [-0.15, -0.1) is 0 Å². The Hall–Kier alpha value is -0.200. The van der Waals surface area contributed by atoms with Crippen LogP contribution in [0.1, 0.15) is 5.69 Å². The van der Waals surface area contributed by atoms with Crippen molar-refractivity contribution in [3.05, 3.63) is 21.5 Å². The number of aromatic nitrogens is 1. The van der Waals surface area contributed by atoms with Crippen LogP contribution in [0.3, 0.4) is 0 Å². The Morgan fingerprint density at radius 1 is 1.30 bits per heavy atom. The SMILES string of the molecule is FC(F)(F)c1ccc(I)[nH]1. The highest BCUT2D eigenvalue weighted by atomic mass is 127. The van der Waals surface area contributed by atoms with E-state index in [0.717, 1.165) is 6.07 Å². The zero-order valence-electron chi connectivity index (χ0n) is 4.67. The van der Waals surface area contributed by atoms with Crippen LogP contribution in [0.2, 0.25) is 0 Å². The van der Waals surface area contributed by atoms with Crippen molar-refractivity contribution in [2.75, 3.05) is 0 Å². The van der Waals surface area contributed by atoms with Gasteiger partial charge < -0.3 is 4.98 Å². The van der Waals surface area contributed by atoms with Crippen molar-refractivity contribution in [2.45, 2.75) is 6.18 Å². The van der Waals surface area contributed by atoms with Crippen molar-refractivity contribution >= 4 is 22.6 Å². The van der Waals surface area contributed by atoms with E-state index in [1.54, 1.807) is 22.6 Å². The minimum Gasteiger partial charge on any atom is -0.347 e. The molecule has 0 atom stereocenters. The average molecular weight is 261 g/mol. The quantitative estimate of drug-likeness (QED) is 0.691. The lowest BCUT2D eigenvalue weighted by molar-refractivity contribution is -0.140. The topological polar surface area (TPSA) is 15.8 Å². The van der Waals surface area contributed by atoms with Gasteiger partial charge in [0.05, 0.1) is 3.70 Å². The summed E-state index contributed by atoms with van der Waals surface area (Å²) in [5.74, 6) is 0. The first kappa shape index (κ1) is 7.90. The van der Waals surface area contributed by atoms with Crippen molar-refractivity contribution < 1.29 is 13.2 Å². The van der Waals surface area contributed by atoms with Crippen molar-refractivity contribution in [1.29, 1.82) is 0 Å². The zero-order valence-corrected chi connectivity index (χ0v) is 6.82. The van der Waals surface area contributed by atoms with Gasteiger partial charge in [0.2, 0.25) is 0 Å². The van der Waals surface area contributed by atoms with Gasteiger partial charge >= 0.3 is 6.18 Å². The van der Waals surface area contributed by atoms with Gasteiger partial charge in [0.15, 0.2) is 0 Å². The van der Waals surface area contributed by atoms with Gasteiger partial charge in [0.25, 0.3) is 0 Å². The summed E-state index contributed by atoms with van der Waals surface area (Å²) >= 11 is 1.79. The molecule has 1 rings (SSSR count). The molecule has 0 radical (unpaired) electrons. The van der Waals surface area contributed by atoms with Gasteiger partial charge in [-0.1, -0.05) is 0 Å². The molecule has 0 aromatic carbocycles. The largest absolute Gasteiger partial charge is 0.431 e. The van der Waals surface area contributed by atoms with Crippen LogP contribution in [0.15, 0.2) is 12.1 Å². The minimum atomic E-state index is -4.25. The molecule has 0 saturated heterocycles. The third-order valence-electron chi connectivity index (χ3n) is 0.956. The second-order valence-corrected chi connectivity index (χ2v) is 2.88. The Kier molecular flexibility index (Phi) is 1.93. The summed E-state index contributed by atoms with van der Waals surface area (Å²) in [4.78, 5) is 2.18. The number of hydrogen-bond donors (Lipinski definition) is 1. The summed E-state index contributed by atoms with van der Waals surface area (Å²) in [6.07, 6.45) is -4.25. The Bertz CT molecular complexity index is 227. The molecule has 0 fully saturated rings. The summed E-state index contributed by atoms with van der Waals surface area (Å²) in [6, 6.07) is 2.39. The van der Waals surface area contributed by atoms with Crippen LogP contribution in [-0.4, -0.2) is 4.98 Å². The lowest BCUT2D eigenvalue weighted by Crippen LogP contribution is -2.04. The number of halogens is 4. The normalized spacial score (nSPS) is 12.0. The molecular formula is C5H3F3IN. The average Bonchev–Trinajstić information content (AvgIpc) is 2.11. The van der Waals surface area contributed by atoms with E-state index in [4.69, 9.17) is 0 Å². The molecule has 56 valence electrons. The fourth-order valence-corrected chi connectivity index (χ4v) is 1.00. The third-order valence-corrected chi connectivity index (χ3v) is 1.59. The van der Waals surface area contributed by atoms with E-state index in [2.05, 4.69) is 4.98 Å². The minimum absolute atomic E-state index is 0.491. The lowest BCUT2D eigenvalue weighted by Gasteiger charge is -2.00. The molecule has 10 heavy (non-hydrogen) atoms. The predicted octanol–water partition coefficient (Wildman–Crippen LogP) is 2.64. The zero-order chi connectivity index (χ0) is 7.78. The van der Waals surface area contributed by atoms with E-state index < -0.39 is 11.9 Å². The first-order valence-corrected chi connectivity index (χ1v) is 3.50. The van der Waals surface area contributed by atoms with Crippen molar-refractivity contribution in [1.82, 2.24) is 4.98 Å². The maximum atomic E-state index is 11.8. The van der Waals surface area contributed by atoms with Crippen LogP contribution in [0.4, 0.5) is 13.2 Å². The van der Waals surface area contributed by atoms with Gasteiger partial charge in [-0.25, -0.2) is 0 Å². The van der Waals surface area contributed by atoms with Gasteiger partial charge in [0.1, 0.15) is 5.69 Å². The number of hydrogen-bond acceptors (Lipinski definition) is 0. The number of H-pyrrole nitrogens is 1. The van der Waals surface area contributed by atoms with Crippen LogP contribution in [0.25, 0.3) is 0 Å². The summed E-state index contributed by atoms with van der Waals surface area (Å²) in [5.41, 5.74) is -0.697. The van der Waals surface area contributed by atoms with Crippen LogP contribution < -0.4 is 0 Å². The molecule has 0 saturated carbocycles. The summed E-state index contributed by atoms with van der Waals surface area (Å²) in [6.45, 7) is 0. The Labute approximate surface area is 68.8 Å². The maximum absolute atomic E-state index is 11.8. The highest BCUT2D eigenvalue weighted by Crippen LogP contribution is 2.28. The van der Waals surface area contributed by atoms with Gasteiger partial charge in [-0.3, -0.25) is 0 Å². The molecule has 0 bridgehead atoms. The van der Waals surface area contributed by atoms with E-state index in [-0.39, 0.29) is 0 Å². The van der Waals surface area contributed by atoms with E-state index >= 15 is 0 Å². The highest BCUT2D eigenvalue weighted by Gasteiger charge is 2.31. The Morgan fingerprint density at radius 2 is 1.90 bits per heavy atom. The predicted molar refractivity (Wildman–Crippen MR) is 38.5 cm³/mol. The molecular weight excluding hydrogens is 258 g/mol. The van der Waals surface area contributed by atoms with Gasteiger partial charge in [-0.05, 0) is 34.7 Å². The smallest absolute Gasteiger partial charge is 0.347 e. The molecule has 0 unspecified atom stereocenters. The third kappa shape index (κ3) is 1.65. The fourth-order valence-electron chi connectivity index (χ4n) is 0.534. The van der Waals surface area contributed by atoms with E-state index in [0.29, 0.717) is 3.70 Å². The van der Waals surface area contributed by atoms with Crippen LogP contribution in [0.5, 0.6) is 0 Å². The van der Waals surface area contributed by atoms with E-state index in [1.165, 1.54) is 6.07 Å². The monoisotopic (exact) mass is 261 g/mol. The first-order valence-electron chi connectivity index (χ1n) is 2.42. The molecule has 5 heteroatoms. The summed E-state index contributed by atoms with van der Waals surface area (Å²) in [5, 5.41) is 0. The van der Waals surface area contributed by atoms with Crippen LogP contribution in [0, 0.1) is 3.70 Å². The standard InChI is InChI=1S/C5H3F3IN/c6-5(7,8)3-1-2-4(9)10-3/h1-2,10H. The molecule has 0 spiro atoms. The molecule has 0 amide bonds. The van der Waals surface area contributed by atoms with E-state index in [1.807, 2.05) is 0 Å². The highest BCUT2D eigenvalue weighted by molar-refractivity contribution is 14.1. The van der Waals surface area contributed by atoms with Gasteiger partial charge in [-0.2, -0.15) is 13.2 Å². The molecule has 1 N–H and O–H groups in total. The molecule has 0 aliphatic carbocycles. The second kappa shape index (κ2) is 2.44. The second-order valence-electron chi connectivity index (χ2n) is 1.72. The Morgan fingerprint density at radius 3 is 2.10 bits per heavy atom. The number of alkyl halides is 3. The fraction of sp³-hybridized carbons (Fsp3) is 0.200. The molecule has 1 nitrogen and oxygen atoms in total. The summed E-state index contributed by atoms with van der Waals surface area (Å²) < 4.78 is 35.8. The van der Waals surface area contributed by atoms with Crippen LogP contribution >= 0.6 is 22.6 Å². The molecule has 1 aromatic heterocycles. The number of rotatable bonds is 0. The first-order chi connectivity index (χ1) is 4.50. The molecule has 1 heterocycles. The number of nitrogens with one attached hydrogen (secondary N) is 1. The van der Waals surface area contributed by atoms with Crippen molar-refractivity contribution in [3.8, 4) is 0 Å². The Balaban J connectivity index is 2.96. The molecule has 0 aliphatic rings. The van der Waals surface area contributed by atoms with E-state index in [9.17, 15) is 13.2 Å². The maximum Gasteiger partial charge on any atom is 0.431 e. The van der Waals surface area contributed by atoms with Crippen LogP contribution in [-0.2, 0) is 6.18 Å². The summed E-state index contributed by atoms with van der Waals surface area (Å²) in [7, 11) is 0. The van der Waals surface area contributed by atoms with Crippen molar-refractivity contribution in [3.63, 3.8) is 0 Å². The molecule has 1 aromatic rings. The molecule has 0 aliphatic heterocycles. The number of aromatic amines is 1. The van der Waals surface area contributed by atoms with Gasteiger partial charge in [0, 0.05) is 0 Å². The van der Waals surface area contributed by atoms with Crippen molar-refractivity contribution in [2.24, 2.45) is 0 Å². The lowest BCUT2D eigenvalue weighted by atomic mass is 10.4.